The molecule has 1 aliphatic carbocycles. The first-order valence-corrected chi connectivity index (χ1v) is 11.5. The fourth-order valence-corrected chi connectivity index (χ4v) is 4.27. The molecule has 0 saturated heterocycles. The second-order valence-electron chi connectivity index (χ2n) is 7.75. The molecule has 3 rings (SSSR count). The lowest BCUT2D eigenvalue weighted by Crippen LogP contribution is -2.52. The van der Waals surface area contributed by atoms with Crippen molar-refractivity contribution >= 4 is 35.0 Å². The standard InChI is InChI=1S/C24H28Cl2N2O3/c1-2-21(24(30)27-18-10-4-5-11-18)28(15-17-9-3-6-12-19(17)25)23(29)16-31-22-14-8-7-13-20(22)26/h3,6-9,12-14,18,21H,2,4-5,10-11,15-16H2,1H3,(H,27,30)/t21-/m1/s1. The van der Waals surface area contributed by atoms with Crippen LogP contribution in [0.4, 0.5) is 0 Å². The van der Waals surface area contributed by atoms with Crippen LogP contribution in [0, 0.1) is 0 Å². The third-order valence-corrected chi connectivity index (χ3v) is 6.25. The zero-order valence-electron chi connectivity index (χ0n) is 17.7. The molecule has 5 nitrogen and oxygen atoms in total. The average Bonchev–Trinajstić information content (AvgIpc) is 3.27. The summed E-state index contributed by atoms with van der Waals surface area (Å²) in [6.07, 6.45) is 4.69. The van der Waals surface area contributed by atoms with Crippen LogP contribution < -0.4 is 10.1 Å². The van der Waals surface area contributed by atoms with E-state index in [9.17, 15) is 9.59 Å². The van der Waals surface area contributed by atoms with Gasteiger partial charge < -0.3 is 15.0 Å². The van der Waals surface area contributed by atoms with Gasteiger partial charge in [-0.1, -0.05) is 73.3 Å². The number of para-hydroxylation sites is 1. The maximum absolute atomic E-state index is 13.2. The van der Waals surface area contributed by atoms with E-state index in [1.165, 1.54) is 0 Å². The zero-order chi connectivity index (χ0) is 22.2. The molecular weight excluding hydrogens is 435 g/mol. The van der Waals surface area contributed by atoms with Crippen molar-refractivity contribution in [2.24, 2.45) is 0 Å². The van der Waals surface area contributed by atoms with Gasteiger partial charge in [-0.2, -0.15) is 0 Å². The molecule has 1 N–H and O–H groups in total. The predicted molar refractivity (Wildman–Crippen MR) is 123 cm³/mol. The monoisotopic (exact) mass is 462 g/mol. The van der Waals surface area contributed by atoms with Crippen molar-refractivity contribution in [3.05, 3.63) is 64.1 Å². The molecule has 0 bridgehead atoms. The largest absolute Gasteiger partial charge is 0.482 e. The Morgan fingerprint density at radius 1 is 1.06 bits per heavy atom. The minimum atomic E-state index is -0.612. The van der Waals surface area contributed by atoms with E-state index < -0.39 is 6.04 Å². The van der Waals surface area contributed by atoms with Crippen LogP contribution in [0.1, 0.15) is 44.6 Å². The Kier molecular flexibility index (Phi) is 8.61. The molecule has 2 aromatic carbocycles. The summed E-state index contributed by atoms with van der Waals surface area (Å²) in [6.45, 7) is 1.91. The molecule has 0 aromatic heterocycles. The van der Waals surface area contributed by atoms with Gasteiger partial charge in [0.25, 0.3) is 5.91 Å². The number of halogens is 2. The first-order chi connectivity index (χ1) is 15.0. The number of rotatable bonds is 9. The lowest BCUT2D eigenvalue weighted by molar-refractivity contribution is -0.143. The summed E-state index contributed by atoms with van der Waals surface area (Å²) in [6, 6.07) is 13.9. The molecular formula is C24H28Cl2N2O3. The number of benzene rings is 2. The Hall–Kier alpha value is -2.24. The average molecular weight is 463 g/mol. The van der Waals surface area contributed by atoms with E-state index in [1.807, 2.05) is 25.1 Å². The van der Waals surface area contributed by atoms with Gasteiger partial charge in [0.05, 0.1) is 5.02 Å². The van der Waals surface area contributed by atoms with E-state index in [-0.39, 0.29) is 31.0 Å². The second-order valence-corrected chi connectivity index (χ2v) is 8.56. The quantitative estimate of drug-likeness (QED) is 0.554. The molecule has 1 aliphatic rings. The van der Waals surface area contributed by atoms with Gasteiger partial charge >= 0.3 is 0 Å². The molecule has 31 heavy (non-hydrogen) atoms. The summed E-state index contributed by atoms with van der Waals surface area (Å²) in [5.74, 6) is -0.000487. The topological polar surface area (TPSA) is 58.6 Å². The van der Waals surface area contributed by atoms with Gasteiger partial charge in [-0.3, -0.25) is 9.59 Å². The van der Waals surface area contributed by atoms with Gasteiger partial charge in [-0.15, -0.1) is 0 Å². The Morgan fingerprint density at radius 2 is 1.71 bits per heavy atom. The number of nitrogens with zero attached hydrogens (tertiary/aromatic N) is 1. The molecule has 2 amide bonds. The third-order valence-electron chi connectivity index (χ3n) is 5.57. The molecule has 0 aliphatic heterocycles. The molecule has 7 heteroatoms. The van der Waals surface area contributed by atoms with Gasteiger partial charge in [0.1, 0.15) is 11.8 Å². The molecule has 166 valence electrons. The molecule has 0 radical (unpaired) electrons. The number of ether oxygens (including phenoxy) is 1. The van der Waals surface area contributed by atoms with E-state index in [0.717, 1.165) is 31.2 Å². The molecule has 1 fully saturated rings. The number of nitrogens with one attached hydrogen (secondary N) is 1. The number of carbonyl (C=O) groups is 2. The summed E-state index contributed by atoms with van der Waals surface area (Å²) in [4.78, 5) is 27.9. The smallest absolute Gasteiger partial charge is 0.261 e. The SMILES string of the molecule is CC[C@H](C(=O)NC1CCCC1)N(Cc1ccccc1Cl)C(=O)COc1ccccc1Cl. The van der Waals surface area contributed by atoms with Gasteiger partial charge in [0, 0.05) is 17.6 Å². The molecule has 0 unspecified atom stereocenters. The molecule has 1 saturated carbocycles. The van der Waals surface area contributed by atoms with Crippen LogP contribution >= 0.6 is 23.2 Å². The van der Waals surface area contributed by atoms with Crippen molar-refractivity contribution in [1.29, 1.82) is 0 Å². The second kappa shape index (κ2) is 11.4. The number of carbonyl (C=O) groups excluding carboxylic acids is 2. The van der Waals surface area contributed by atoms with Crippen LogP contribution in [0.25, 0.3) is 0 Å². The summed E-state index contributed by atoms with van der Waals surface area (Å²) in [5, 5.41) is 4.10. The summed E-state index contributed by atoms with van der Waals surface area (Å²) in [5.41, 5.74) is 0.780. The maximum Gasteiger partial charge on any atom is 0.261 e. The van der Waals surface area contributed by atoms with Crippen LogP contribution in [-0.2, 0) is 16.1 Å². The fraction of sp³-hybridized carbons (Fsp3) is 0.417. The lowest BCUT2D eigenvalue weighted by Gasteiger charge is -2.31. The molecule has 2 aromatic rings. The summed E-state index contributed by atoms with van der Waals surface area (Å²) < 4.78 is 5.67. The van der Waals surface area contributed by atoms with E-state index in [4.69, 9.17) is 27.9 Å². The van der Waals surface area contributed by atoms with Gasteiger partial charge in [0.15, 0.2) is 6.61 Å². The van der Waals surface area contributed by atoms with E-state index in [1.54, 1.807) is 35.2 Å². The van der Waals surface area contributed by atoms with Crippen molar-refractivity contribution < 1.29 is 14.3 Å². The highest BCUT2D eigenvalue weighted by Crippen LogP contribution is 2.24. The van der Waals surface area contributed by atoms with Gasteiger partial charge in [-0.05, 0) is 43.0 Å². The van der Waals surface area contributed by atoms with E-state index >= 15 is 0 Å². The van der Waals surface area contributed by atoms with Gasteiger partial charge in [0.2, 0.25) is 5.91 Å². The van der Waals surface area contributed by atoms with Crippen LogP contribution in [-0.4, -0.2) is 35.4 Å². The zero-order valence-corrected chi connectivity index (χ0v) is 19.2. The van der Waals surface area contributed by atoms with Crippen molar-refractivity contribution in [3.63, 3.8) is 0 Å². The lowest BCUT2D eigenvalue weighted by atomic mass is 10.1. The minimum absolute atomic E-state index is 0.132. The number of amides is 2. The number of hydrogen-bond acceptors (Lipinski definition) is 3. The fourth-order valence-electron chi connectivity index (χ4n) is 3.88. The highest BCUT2D eigenvalue weighted by molar-refractivity contribution is 6.32. The molecule has 0 heterocycles. The summed E-state index contributed by atoms with van der Waals surface area (Å²) in [7, 11) is 0. The Morgan fingerprint density at radius 3 is 2.35 bits per heavy atom. The first kappa shape index (κ1) is 23.4. The third kappa shape index (κ3) is 6.37. The minimum Gasteiger partial charge on any atom is -0.482 e. The van der Waals surface area contributed by atoms with Crippen molar-refractivity contribution in [1.82, 2.24) is 10.2 Å². The molecule has 0 spiro atoms. The maximum atomic E-state index is 13.2. The Labute approximate surface area is 193 Å². The van der Waals surface area contributed by atoms with Crippen molar-refractivity contribution in [2.45, 2.75) is 57.7 Å². The molecule has 1 atom stereocenters. The Balaban J connectivity index is 1.78. The summed E-state index contributed by atoms with van der Waals surface area (Å²) >= 11 is 12.5. The van der Waals surface area contributed by atoms with Gasteiger partial charge in [-0.25, -0.2) is 0 Å². The van der Waals surface area contributed by atoms with Crippen LogP contribution in [0.3, 0.4) is 0 Å². The van der Waals surface area contributed by atoms with E-state index in [0.29, 0.717) is 22.2 Å². The van der Waals surface area contributed by atoms with E-state index in [2.05, 4.69) is 5.32 Å². The highest BCUT2D eigenvalue weighted by Gasteiger charge is 2.31. The van der Waals surface area contributed by atoms with Crippen molar-refractivity contribution in [2.75, 3.05) is 6.61 Å². The van der Waals surface area contributed by atoms with Crippen LogP contribution in [0.5, 0.6) is 5.75 Å². The van der Waals surface area contributed by atoms with Crippen LogP contribution in [0.15, 0.2) is 48.5 Å². The van der Waals surface area contributed by atoms with Crippen molar-refractivity contribution in [3.8, 4) is 5.75 Å². The Bertz CT molecular complexity index is 900. The number of hydrogen-bond donors (Lipinski definition) is 1. The normalized spacial score (nSPS) is 14.8. The first-order valence-electron chi connectivity index (χ1n) is 10.7. The highest BCUT2D eigenvalue weighted by atomic mass is 35.5. The predicted octanol–water partition coefficient (Wildman–Crippen LogP) is 5.24. The van der Waals surface area contributed by atoms with Crippen LogP contribution in [0.2, 0.25) is 10.0 Å².